The second-order valence-corrected chi connectivity index (χ2v) is 16.5. The number of aromatic nitrogens is 5. The van der Waals surface area contributed by atoms with Gasteiger partial charge in [0, 0.05) is 71.1 Å². The molecule has 1 N–H and O–H groups in total. The predicted octanol–water partition coefficient (Wildman–Crippen LogP) is 13.8. The van der Waals surface area contributed by atoms with Gasteiger partial charge < -0.3 is 14.0 Å². The van der Waals surface area contributed by atoms with Gasteiger partial charge in [-0.15, -0.1) is 0 Å². The molecule has 13 rings (SSSR count). The minimum atomic E-state index is -0.201. The first-order chi connectivity index (χ1) is 29.5. The minimum Gasteiger partial charge on any atom is -0.456 e. The molecule has 0 spiro atoms. The Kier molecular flexibility index (Phi) is 6.69. The summed E-state index contributed by atoms with van der Waals surface area (Å²) in [6.07, 6.45) is 0. The van der Waals surface area contributed by atoms with Crippen molar-refractivity contribution in [3.05, 3.63) is 181 Å². The maximum absolute atomic E-state index is 6.58. The van der Waals surface area contributed by atoms with Gasteiger partial charge in [0.1, 0.15) is 11.2 Å². The number of nitrogens with one attached hydrogen (secondary N) is 1. The molecule has 282 valence electrons. The van der Waals surface area contributed by atoms with Gasteiger partial charge in [0.25, 0.3) is 0 Å². The van der Waals surface area contributed by atoms with Gasteiger partial charge in [-0.3, -0.25) is 0 Å². The number of fused-ring (bicyclic) bond motifs is 12. The molecule has 0 amide bonds. The first kappa shape index (κ1) is 33.2. The monoisotopic (exact) mass is 769 g/mol. The van der Waals surface area contributed by atoms with Gasteiger partial charge in [-0.05, 0) is 82.9 Å². The highest BCUT2D eigenvalue weighted by atomic mass is 16.3. The van der Waals surface area contributed by atoms with Gasteiger partial charge in [0.2, 0.25) is 0 Å². The fraction of sp³-hybridized carbons (Fsp3) is 0.0556. The Labute approximate surface area is 344 Å². The van der Waals surface area contributed by atoms with Crippen LogP contribution in [-0.4, -0.2) is 24.5 Å². The highest BCUT2D eigenvalue weighted by Gasteiger charge is 2.37. The Bertz CT molecular complexity index is 3680. The number of furan rings is 1. The van der Waals surface area contributed by atoms with E-state index < -0.39 is 0 Å². The largest absolute Gasteiger partial charge is 0.456 e. The van der Waals surface area contributed by atoms with Crippen LogP contribution in [0, 0.1) is 0 Å². The summed E-state index contributed by atoms with van der Waals surface area (Å²) in [5.41, 5.74) is 15.2. The van der Waals surface area contributed by atoms with Crippen molar-refractivity contribution in [2.24, 2.45) is 0 Å². The highest BCUT2D eigenvalue weighted by molar-refractivity contribution is 6.15. The van der Waals surface area contributed by atoms with E-state index in [2.05, 4.69) is 120 Å². The van der Waals surface area contributed by atoms with E-state index in [4.69, 9.17) is 19.4 Å². The molecule has 0 saturated carbocycles. The van der Waals surface area contributed by atoms with E-state index in [1.807, 2.05) is 72.8 Å². The lowest BCUT2D eigenvalue weighted by molar-refractivity contribution is 0.661. The Morgan fingerprint density at radius 3 is 1.87 bits per heavy atom. The SMILES string of the molecule is CC1(C)c2cc3[nH]c4ccccc4c3cc2-c2cc3c4ccccc4n(-c4ccc5oc6cccc(-c7nc(-c8ccccc8)nc(-c8ccccc8)n7)c6c5c4)c3cc21. The van der Waals surface area contributed by atoms with E-state index in [0.29, 0.717) is 17.5 Å². The third kappa shape index (κ3) is 4.67. The molecule has 8 aromatic carbocycles. The van der Waals surface area contributed by atoms with Crippen molar-refractivity contribution < 1.29 is 4.42 Å². The van der Waals surface area contributed by atoms with Crippen LogP contribution in [0.3, 0.4) is 0 Å². The van der Waals surface area contributed by atoms with Gasteiger partial charge in [-0.2, -0.15) is 0 Å². The average Bonchev–Trinajstić information content (AvgIpc) is 4.01. The topological polar surface area (TPSA) is 72.5 Å². The normalized spacial score (nSPS) is 13.3. The van der Waals surface area contributed by atoms with Crippen LogP contribution in [-0.2, 0) is 5.41 Å². The standard InChI is InChI=1S/C54H35N5O/c1-54(2)42-29-45-39(34-18-9-11-21-44(34)55-45)27-37(42)38-28-40-35-19-10-12-22-46(35)59(47(40)30-43(38)54)33-24-25-48-41(26-33)50-36(20-13-23-49(50)60-48)53-57-51(31-14-5-3-6-15-31)56-52(58-53)32-16-7-4-8-17-32/h3-30,55H,1-2H3. The Hall–Kier alpha value is -7.83. The molecule has 0 fully saturated rings. The van der Waals surface area contributed by atoms with Crippen LogP contribution in [0.15, 0.2) is 174 Å². The quantitative estimate of drug-likeness (QED) is 0.193. The van der Waals surface area contributed by atoms with Crippen molar-refractivity contribution in [3.8, 4) is 51.0 Å². The van der Waals surface area contributed by atoms with Gasteiger partial charge in [-0.1, -0.05) is 123 Å². The molecule has 0 aliphatic heterocycles. The number of benzene rings is 8. The molecular formula is C54H35N5O. The second kappa shape index (κ2) is 12.1. The number of nitrogens with zero attached hydrogens (tertiary/aromatic N) is 4. The number of aromatic amines is 1. The van der Waals surface area contributed by atoms with Crippen molar-refractivity contribution >= 4 is 65.6 Å². The molecular weight excluding hydrogens is 735 g/mol. The molecule has 1 aliphatic rings. The van der Waals surface area contributed by atoms with Gasteiger partial charge >= 0.3 is 0 Å². The average molecular weight is 770 g/mol. The van der Waals surface area contributed by atoms with E-state index in [9.17, 15) is 0 Å². The number of para-hydroxylation sites is 2. The summed E-state index contributed by atoms with van der Waals surface area (Å²) in [6, 6.07) is 60.0. The molecule has 6 nitrogen and oxygen atoms in total. The summed E-state index contributed by atoms with van der Waals surface area (Å²) in [6.45, 7) is 4.73. The molecule has 60 heavy (non-hydrogen) atoms. The van der Waals surface area contributed by atoms with Gasteiger partial charge in [0.05, 0.1) is 11.0 Å². The van der Waals surface area contributed by atoms with Gasteiger partial charge in [0.15, 0.2) is 17.5 Å². The van der Waals surface area contributed by atoms with E-state index in [-0.39, 0.29) is 5.41 Å². The number of H-pyrrole nitrogens is 1. The first-order valence-corrected chi connectivity index (χ1v) is 20.4. The Morgan fingerprint density at radius 1 is 0.450 bits per heavy atom. The van der Waals surface area contributed by atoms with Gasteiger partial charge in [-0.25, -0.2) is 15.0 Å². The molecule has 6 heteroatoms. The lowest BCUT2D eigenvalue weighted by Gasteiger charge is -2.22. The van der Waals surface area contributed by atoms with Crippen LogP contribution < -0.4 is 0 Å². The molecule has 4 heterocycles. The van der Waals surface area contributed by atoms with Crippen LogP contribution in [0.2, 0.25) is 0 Å². The number of hydrogen-bond acceptors (Lipinski definition) is 4. The maximum Gasteiger partial charge on any atom is 0.164 e. The molecule has 0 bridgehead atoms. The van der Waals surface area contributed by atoms with Crippen molar-refractivity contribution in [1.29, 1.82) is 0 Å². The second-order valence-electron chi connectivity index (χ2n) is 16.5. The van der Waals surface area contributed by atoms with Crippen LogP contribution in [0.25, 0.3) is 117 Å². The number of rotatable bonds is 4. The molecule has 0 radical (unpaired) electrons. The lowest BCUT2D eigenvalue weighted by atomic mass is 9.82. The summed E-state index contributed by atoms with van der Waals surface area (Å²) in [7, 11) is 0. The van der Waals surface area contributed by atoms with Crippen LogP contribution in [0.4, 0.5) is 0 Å². The smallest absolute Gasteiger partial charge is 0.164 e. The van der Waals surface area contributed by atoms with Crippen molar-refractivity contribution in [2.75, 3.05) is 0 Å². The van der Waals surface area contributed by atoms with Crippen molar-refractivity contribution in [2.45, 2.75) is 19.3 Å². The summed E-state index contributed by atoms with van der Waals surface area (Å²) in [4.78, 5) is 18.9. The highest BCUT2D eigenvalue weighted by Crippen LogP contribution is 2.52. The third-order valence-corrected chi connectivity index (χ3v) is 12.8. The summed E-state index contributed by atoms with van der Waals surface area (Å²) in [5.74, 6) is 1.84. The predicted molar refractivity (Wildman–Crippen MR) is 245 cm³/mol. The van der Waals surface area contributed by atoms with E-state index in [0.717, 1.165) is 49.8 Å². The van der Waals surface area contributed by atoms with E-state index in [1.54, 1.807) is 0 Å². The number of hydrogen-bond donors (Lipinski definition) is 1. The molecule has 0 unspecified atom stereocenters. The van der Waals surface area contributed by atoms with Crippen molar-refractivity contribution in [3.63, 3.8) is 0 Å². The Balaban J connectivity index is 1.03. The zero-order valence-corrected chi connectivity index (χ0v) is 32.9. The lowest BCUT2D eigenvalue weighted by Crippen LogP contribution is -2.15. The maximum atomic E-state index is 6.58. The molecule has 4 aromatic heterocycles. The van der Waals surface area contributed by atoms with Crippen LogP contribution in [0.1, 0.15) is 25.0 Å². The minimum absolute atomic E-state index is 0.201. The molecule has 1 aliphatic carbocycles. The molecule has 12 aromatic rings. The fourth-order valence-corrected chi connectivity index (χ4v) is 9.89. The molecule has 0 saturated heterocycles. The first-order valence-electron chi connectivity index (χ1n) is 20.4. The van der Waals surface area contributed by atoms with E-state index in [1.165, 1.54) is 60.3 Å². The zero-order chi connectivity index (χ0) is 39.7. The van der Waals surface area contributed by atoms with E-state index >= 15 is 0 Å². The van der Waals surface area contributed by atoms with Crippen LogP contribution >= 0.6 is 0 Å². The summed E-state index contributed by atoms with van der Waals surface area (Å²) >= 11 is 0. The molecule has 0 atom stereocenters. The Morgan fingerprint density at radius 2 is 1.10 bits per heavy atom. The summed E-state index contributed by atoms with van der Waals surface area (Å²) < 4.78 is 9.01. The van der Waals surface area contributed by atoms with Crippen LogP contribution in [0.5, 0.6) is 0 Å². The summed E-state index contributed by atoms with van der Waals surface area (Å²) in [5, 5.41) is 6.95. The van der Waals surface area contributed by atoms with Crippen molar-refractivity contribution in [1.82, 2.24) is 24.5 Å². The zero-order valence-electron chi connectivity index (χ0n) is 32.9. The third-order valence-electron chi connectivity index (χ3n) is 12.8. The fourth-order valence-electron chi connectivity index (χ4n) is 9.89.